The minimum absolute atomic E-state index is 0.380. The third-order valence-corrected chi connectivity index (χ3v) is 2.54. The van der Waals surface area contributed by atoms with Crippen LogP contribution in [0.25, 0.3) is 0 Å². The first-order valence-electron chi connectivity index (χ1n) is 4.66. The Hall–Kier alpha value is -1.68. The maximum absolute atomic E-state index is 10.9. The van der Waals surface area contributed by atoms with Gasteiger partial charge in [0.25, 0.3) is 5.91 Å². The summed E-state index contributed by atoms with van der Waals surface area (Å²) in [6.07, 6.45) is 1.28. The van der Waals surface area contributed by atoms with Crippen molar-refractivity contribution in [3.63, 3.8) is 0 Å². The summed E-state index contributed by atoms with van der Waals surface area (Å²) in [6.45, 7) is 0. The zero-order chi connectivity index (χ0) is 11.5. The summed E-state index contributed by atoms with van der Waals surface area (Å²) in [5.74, 6) is 0.336. The molecule has 0 radical (unpaired) electrons. The Labute approximate surface area is 97.6 Å². The molecule has 0 saturated heterocycles. The van der Waals surface area contributed by atoms with Crippen molar-refractivity contribution in [1.29, 1.82) is 0 Å². The zero-order valence-electron chi connectivity index (χ0n) is 8.55. The Morgan fingerprint density at radius 1 is 1.31 bits per heavy atom. The fourth-order valence-corrected chi connectivity index (χ4v) is 1.67. The standard InChI is InChI=1S/C11H9ClN2O2/c1-16-8-4-2-7(3-5-8)11-9(12)6-10(15)13-14-11/h2-6,11H,1H3. The van der Waals surface area contributed by atoms with Gasteiger partial charge < -0.3 is 4.74 Å². The van der Waals surface area contributed by atoms with Gasteiger partial charge in [-0.15, -0.1) is 5.11 Å². The number of rotatable bonds is 2. The number of methoxy groups -OCH3 is 1. The van der Waals surface area contributed by atoms with Crippen LogP contribution >= 0.6 is 11.6 Å². The second kappa shape index (κ2) is 4.45. The molecule has 1 aliphatic rings. The molecule has 0 saturated carbocycles. The highest BCUT2D eigenvalue weighted by atomic mass is 35.5. The van der Waals surface area contributed by atoms with Gasteiger partial charge in [-0.1, -0.05) is 23.7 Å². The molecule has 1 aliphatic heterocycles. The van der Waals surface area contributed by atoms with Gasteiger partial charge in [-0.2, -0.15) is 5.11 Å². The Balaban J connectivity index is 2.27. The Kier molecular flexibility index (Phi) is 3.01. The SMILES string of the molecule is COc1ccc(C2N=NC(=O)C=C2Cl)cc1. The smallest absolute Gasteiger partial charge is 0.289 e. The number of hydrogen-bond donors (Lipinski definition) is 0. The van der Waals surface area contributed by atoms with Gasteiger partial charge >= 0.3 is 0 Å². The van der Waals surface area contributed by atoms with E-state index in [1.165, 1.54) is 6.08 Å². The minimum Gasteiger partial charge on any atom is -0.497 e. The highest BCUT2D eigenvalue weighted by Gasteiger charge is 2.19. The van der Waals surface area contributed by atoms with Crippen LogP contribution in [-0.2, 0) is 4.79 Å². The van der Waals surface area contributed by atoms with Gasteiger partial charge in [0, 0.05) is 6.08 Å². The van der Waals surface area contributed by atoms with Crippen molar-refractivity contribution in [2.75, 3.05) is 7.11 Å². The van der Waals surface area contributed by atoms with E-state index in [1.807, 2.05) is 24.3 Å². The average Bonchev–Trinajstić information content (AvgIpc) is 2.29. The minimum atomic E-state index is -0.422. The van der Waals surface area contributed by atoms with Gasteiger partial charge in [0.1, 0.15) is 11.8 Å². The normalized spacial score (nSPS) is 19.5. The highest BCUT2D eigenvalue weighted by Crippen LogP contribution is 2.32. The fraction of sp³-hybridized carbons (Fsp3) is 0.182. The summed E-state index contributed by atoms with van der Waals surface area (Å²) in [5.41, 5.74) is 0.873. The Morgan fingerprint density at radius 2 is 2.00 bits per heavy atom. The van der Waals surface area contributed by atoms with Crippen molar-refractivity contribution in [2.24, 2.45) is 10.2 Å². The molecular weight excluding hydrogens is 228 g/mol. The number of benzene rings is 1. The summed E-state index contributed by atoms with van der Waals surface area (Å²) in [6, 6.07) is 6.92. The van der Waals surface area contributed by atoms with E-state index in [1.54, 1.807) is 7.11 Å². The molecule has 1 amide bonds. The van der Waals surface area contributed by atoms with Crippen LogP contribution in [-0.4, -0.2) is 13.0 Å². The highest BCUT2D eigenvalue weighted by molar-refractivity contribution is 6.32. The van der Waals surface area contributed by atoms with Crippen LogP contribution in [0, 0.1) is 0 Å². The molecule has 0 bridgehead atoms. The fourth-order valence-electron chi connectivity index (χ4n) is 1.41. The third-order valence-electron chi connectivity index (χ3n) is 2.23. The molecule has 1 unspecified atom stereocenters. The quantitative estimate of drug-likeness (QED) is 0.793. The molecule has 5 heteroatoms. The molecule has 16 heavy (non-hydrogen) atoms. The second-order valence-corrected chi connectivity index (χ2v) is 3.70. The average molecular weight is 237 g/mol. The molecule has 0 aliphatic carbocycles. The van der Waals surface area contributed by atoms with E-state index in [0.717, 1.165) is 11.3 Å². The van der Waals surface area contributed by atoms with Crippen LogP contribution in [0.2, 0.25) is 0 Å². The summed E-state index contributed by atoms with van der Waals surface area (Å²) >= 11 is 5.94. The molecular formula is C11H9ClN2O2. The van der Waals surface area contributed by atoms with Gasteiger partial charge in [0.05, 0.1) is 12.1 Å². The van der Waals surface area contributed by atoms with Crippen molar-refractivity contribution >= 4 is 17.5 Å². The first-order chi connectivity index (χ1) is 7.70. The van der Waals surface area contributed by atoms with Gasteiger partial charge in [0.15, 0.2) is 0 Å². The number of amides is 1. The van der Waals surface area contributed by atoms with Crippen molar-refractivity contribution < 1.29 is 9.53 Å². The van der Waals surface area contributed by atoms with Gasteiger partial charge in [-0.25, -0.2) is 0 Å². The molecule has 2 rings (SSSR count). The molecule has 82 valence electrons. The molecule has 1 aromatic rings. The lowest BCUT2D eigenvalue weighted by atomic mass is 10.1. The molecule has 1 atom stereocenters. The second-order valence-electron chi connectivity index (χ2n) is 3.26. The first-order valence-corrected chi connectivity index (χ1v) is 5.04. The number of halogens is 1. The van der Waals surface area contributed by atoms with E-state index in [4.69, 9.17) is 16.3 Å². The predicted octanol–water partition coefficient (Wildman–Crippen LogP) is 2.85. The Morgan fingerprint density at radius 3 is 2.56 bits per heavy atom. The lowest BCUT2D eigenvalue weighted by molar-refractivity contribution is -0.114. The number of hydrogen-bond acceptors (Lipinski definition) is 3. The molecule has 0 spiro atoms. The monoisotopic (exact) mass is 236 g/mol. The molecule has 1 heterocycles. The molecule has 0 N–H and O–H groups in total. The van der Waals surface area contributed by atoms with Crippen molar-refractivity contribution in [1.82, 2.24) is 0 Å². The largest absolute Gasteiger partial charge is 0.497 e. The van der Waals surface area contributed by atoms with Crippen molar-refractivity contribution in [3.8, 4) is 5.75 Å². The van der Waals surface area contributed by atoms with Crippen LogP contribution in [0.4, 0.5) is 0 Å². The zero-order valence-corrected chi connectivity index (χ0v) is 9.31. The van der Waals surface area contributed by atoms with E-state index in [9.17, 15) is 4.79 Å². The van der Waals surface area contributed by atoms with Gasteiger partial charge in [-0.05, 0) is 17.7 Å². The lowest BCUT2D eigenvalue weighted by Crippen LogP contribution is -2.03. The van der Waals surface area contributed by atoms with Crippen LogP contribution in [0.15, 0.2) is 45.6 Å². The number of carbonyl (C=O) groups is 1. The maximum Gasteiger partial charge on any atom is 0.289 e. The molecule has 1 aromatic carbocycles. The van der Waals surface area contributed by atoms with Crippen molar-refractivity contribution in [2.45, 2.75) is 6.04 Å². The molecule has 0 aromatic heterocycles. The number of carbonyl (C=O) groups excluding carboxylic acids is 1. The van der Waals surface area contributed by atoms with Crippen LogP contribution < -0.4 is 4.74 Å². The number of nitrogens with zero attached hydrogens (tertiary/aromatic N) is 2. The van der Waals surface area contributed by atoms with E-state index in [2.05, 4.69) is 10.2 Å². The van der Waals surface area contributed by atoms with E-state index >= 15 is 0 Å². The first kappa shape index (κ1) is 10.8. The number of azo groups is 1. The lowest BCUT2D eigenvalue weighted by Gasteiger charge is -2.13. The Bertz CT molecular complexity index is 465. The van der Waals surface area contributed by atoms with Gasteiger partial charge in [0.2, 0.25) is 0 Å². The van der Waals surface area contributed by atoms with Crippen LogP contribution in [0.1, 0.15) is 11.6 Å². The molecule has 0 fully saturated rings. The summed E-state index contributed by atoms with van der Waals surface area (Å²) in [5, 5.41) is 7.71. The van der Waals surface area contributed by atoms with Crippen LogP contribution in [0.3, 0.4) is 0 Å². The van der Waals surface area contributed by atoms with E-state index in [-0.39, 0.29) is 6.04 Å². The van der Waals surface area contributed by atoms with E-state index < -0.39 is 5.91 Å². The maximum atomic E-state index is 10.9. The van der Waals surface area contributed by atoms with E-state index in [0.29, 0.717) is 5.03 Å². The summed E-state index contributed by atoms with van der Waals surface area (Å²) < 4.78 is 5.04. The summed E-state index contributed by atoms with van der Waals surface area (Å²) in [7, 11) is 1.60. The number of ether oxygens (including phenoxy) is 1. The third kappa shape index (κ3) is 2.12. The van der Waals surface area contributed by atoms with Crippen molar-refractivity contribution in [3.05, 3.63) is 40.9 Å². The topological polar surface area (TPSA) is 51.0 Å². The van der Waals surface area contributed by atoms with Gasteiger partial charge in [-0.3, -0.25) is 4.79 Å². The molecule has 4 nitrogen and oxygen atoms in total. The summed E-state index contributed by atoms with van der Waals surface area (Å²) in [4.78, 5) is 10.9. The van der Waals surface area contributed by atoms with Crippen LogP contribution in [0.5, 0.6) is 5.75 Å². The predicted molar refractivity (Wildman–Crippen MR) is 59.5 cm³/mol.